The van der Waals surface area contributed by atoms with Crippen LogP contribution >= 0.6 is 7.92 Å². The zero-order valence-electron chi connectivity index (χ0n) is 10.3. The van der Waals surface area contributed by atoms with E-state index in [0.29, 0.717) is 12.3 Å². The third-order valence-corrected chi connectivity index (χ3v) is 5.36. The summed E-state index contributed by atoms with van der Waals surface area (Å²) in [5, 5.41) is 18.6. The van der Waals surface area contributed by atoms with Crippen molar-refractivity contribution in [3.05, 3.63) is 29.8 Å². The van der Waals surface area contributed by atoms with Crippen molar-refractivity contribution in [2.45, 2.75) is 19.8 Å². The molecule has 0 aliphatic carbocycles. The van der Waals surface area contributed by atoms with Crippen LogP contribution in [0.15, 0.2) is 24.3 Å². The van der Waals surface area contributed by atoms with E-state index in [1.807, 2.05) is 31.2 Å². The van der Waals surface area contributed by atoms with Gasteiger partial charge in [0, 0.05) is 12.8 Å². The van der Waals surface area contributed by atoms with Crippen molar-refractivity contribution < 1.29 is 19.8 Å². The van der Waals surface area contributed by atoms with Gasteiger partial charge in [-0.15, -0.1) is 0 Å². The van der Waals surface area contributed by atoms with Crippen LogP contribution < -0.4 is 5.30 Å². The van der Waals surface area contributed by atoms with E-state index in [1.54, 1.807) is 0 Å². The lowest BCUT2D eigenvalue weighted by Crippen LogP contribution is -2.13. The Labute approximate surface area is 107 Å². The van der Waals surface area contributed by atoms with Crippen molar-refractivity contribution in [2.24, 2.45) is 0 Å². The van der Waals surface area contributed by atoms with Gasteiger partial charge >= 0.3 is 11.9 Å². The lowest BCUT2D eigenvalue weighted by molar-refractivity contribution is -0.137. The summed E-state index contributed by atoms with van der Waals surface area (Å²) in [5.41, 5.74) is 1.11. The highest BCUT2D eigenvalue weighted by Gasteiger charge is 2.15. The molecule has 0 atom stereocenters. The highest BCUT2D eigenvalue weighted by Crippen LogP contribution is 2.37. The van der Waals surface area contributed by atoms with Crippen LogP contribution in [-0.4, -0.2) is 34.5 Å². The second kappa shape index (κ2) is 7.12. The summed E-state index contributed by atoms with van der Waals surface area (Å²) in [6.07, 6.45) is 1.28. The normalized spacial score (nSPS) is 10.6. The monoisotopic (exact) mass is 268 g/mol. The average molecular weight is 268 g/mol. The first kappa shape index (κ1) is 14.7. The van der Waals surface area contributed by atoms with Gasteiger partial charge in [-0.2, -0.15) is 0 Å². The Kier molecular flexibility index (Phi) is 5.79. The fourth-order valence-electron chi connectivity index (χ4n) is 1.73. The molecule has 1 aromatic carbocycles. The van der Waals surface area contributed by atoms with Gasteiger partial charge in [0.05, 0.1) is 0 Å². The summed E-state index contributed by atoms with van der Waals surface area (Å²) in [7, 11) is -0.703. The minimum Gasteiger partial charge on any atom is -0.481 e. The van der Waals surface area contributed by atoms with Crippen LogP contribution in [0.1, 0.15) is 18.4 Å². The van der Waals surface area contributed by atoms with Crippen molar-refractivity contribution in [2.75, 3.05) is 12.3 Å². The molecule has 2 N–H and O–H groups in total. The second-order valence-corrected chi connectivity index (χ2v) is 6.52. The first-order valence-electron chi connectivity index (χ1n) is 5.75. The second-order valence-electron chi connectivity index (χ2n) is 4.06. The first-order chi connectivity index (χ1) is 8.50. The molecule has 0 radical (unpaired) electrons. The number of carbonyl (C=O) groups is 2. The maximum Gasteiger partial charge on any atom is 0.303 e. The Morgan fingerprint density at radius 1 is 1.06 bits per heavy atom. The minimum absolute atomic E-state index is 0.0969. The molecule has 1 aromatic rings. The van der Waals surface area contributed by atoms with Gasteiger partial charge in [-0.3, -0.25) is 9.59 Å². The van der Waals surface area contributed by atoms with Gasteiger partial charge in [0.2, 0.25) is 0 Å². The van der Waals surface area contributed by atoms with Crippen LogP contribution in [0.2, 0.25) is 0 Å². The standard InChI is InChI=1S/C13H17O4P/c1-10-4-2-3-5-11(10)18(8-6-12(14)15)9-7-13(16)17/h2-5H,6-9H2,1H3,(H,14,15)(H,16,17). The number of aliphatic carboxylic acids is 2. The molecule has 0 aliphatic rings. The highest BCUT2D eigenvalue weighted by molar-refractivity contribution is 7.65. The van der Waals surface area contributed by atoms with Crippen LogP contribution in [0.3, 0.4) is 0 Å². The molecule has 0 fully saturated rings. The molecule has 1 rings (SSSR count). The Morgan fingerprint density at radius 2 is 1.56 bits per heavy atom. The van der Waals surface area contributed by atoms with Gasteiger partial charge in [-0.05, 0) is 30.1 Å². The molecule has 0 unspecified atom stereocenters. The van der Waals surface area contributed by atoms with Crippen molar-refractivity contribution in [3.8, 4) is 0 Å². The van der Waals surface area contributed by atoms with Gasteiger partial charge in [0.1, 0.15) is 0 Å². The van der Waals surface area contributed by atoms with E-state index in [1.165, 1.54) is 0 Å². The molecule has 0 bridgehead atoms. The van der Waals surface area contributed by atoms with Crippen molar-refractivity contribution in [3.63, 3.8) is 0 Å². The zero-order valence-corrected chi connectivity index (χ0v) is 11.2. The van der Waals surface area contributed by atoms with Crippen LogP contribution in [0, 0.1) is 6.92 Å². The smallest absolute Gasteiger partial charge is 0.303 e. The van der Waals surface area contributed by atoms with Crippen molar-refractivity contribution in [1.82, 2.24) is 0 Å². The molecule has 0 aliphatic heterocycles. The van der Waals surface area contributed by atoms with Gasteiger partial charge in [0.15, 0.2) is 0 Å². The van der Waals surface area contributed by atoms with E-state index in [-0.39, 0.29) is 12.8 Å². The van der Waals surface area contributed by atoms with Gasteiger partial charge < -0.3 is 10.2 Å². The van der Waals surface area contributed by atoms with Crippen molar-refractivity contribution >= 4 is 25.2 Å². The van der Waals surface area contributed by atoms with E-state index < -0.39 is 19.9 Å². The van der Waals surface area contributed by atoms with Crippen LogP contribution in [0.4, 0.5) is 0 Å². The SMILES string of the molecule is Cc1ccccc1P(CCC(=O)O)CCC(=O)O. The molecule has 98 valence electrons. The number of hydrogen-bond acceptors (Lipinski definition) is 2. The number of carboxylic acids is 2. The van der Waals surface area contributed by atoms with Crippen molar-refractivity contribution in [1.29, 1.82) is 0 Å². The molecule has 0 saturated heterocycles. The maximum absolute atomic E-state index is 10.7. The summed E-state index contributed by atoms with van der Waals surface area (Å²) in [6, 6.07) is 7.80. The molecule has 0 spiro atoms. The lowest BCUT2D eigenvalue weighted by atomic mass is 10.2. The largest absolute Gasteiger partial charge is 0.481 e. The van der Waals surface area contributed by atoms with Gasteiger partial charge in [-0.25, -0.2) is 0 Å². The molecule has 5 heteroatoms. The quantitative estimate of drug-likeness (QED) is 0.742. The van der Waals surface area contributed by atoms with E-state index >= 15 is 0 Å². The zero-order chi connectivity index (χ0) is 13.5. The number of carboxylic acid groups (broad SMARTS) is 2. The number of rotatable bonds is 7. The Balaban J connectivity index is 2.79. The average Bonchev–Trinajstić information content (AvgIpc) is 2.30. The Morgan fingerprint density at radius 3 is 2.00 bits per heavy atom. The first-order valence-corrected chi connectivity index (χ1v) is 7.46. The third-order valence-electron chi connectivity index (χ3n) is 2.65. The van der Waals surface area contributed by atoms with E-state index in [0.717, 1.165) is 10.9 Å². The van der Waals surface area contributed by atoms with E-state index in [2.05, 4.69) is 0 Å². The highest BCUT2D eigenvalue weighted by atomic mass is 31.1. The minimum atomic E-state index is -0.827. The number of benzene rings is 1. The lowest BCUT2D eigenvalue weighted by Gasteiger charge is -2.18. The summed E-state index contributed by atoms with van der Waals surface area (Å²) in [6.45, 7) is 1.98. The van der Waals surface area contributed by atoms with E-state index in [9.17, 15) is 9.59 Å². The molecule has 0 amide bonds. The summed E-state index contributed by atoms with van der Waals surface area (Å²) >= 11 is 0. The molecule has 0 heterocycles. The van der Waals surface area contributed by atoms with Gasteiger partial charge in [0.25, 0.3) is 0 Å². The Hall–Kier alpha value is -1.41. The summed E-state index contributed by atoms with van der Waals surface area (Å²) in [4.78, 5) is 21.3. The van der Waals surface area contributed by atoms with Crippen LogP contribution in [0.5, 0.6) is 0 Å². The fourth-order valence-corrected chi connectivity index (χ4v) is 4.23. The van der Waals surface area contributed by atoms with Crippen LogP contribution in [0.25, 0.3) is 0 Å². The molecular weight excluding hydrogens is 251 g/mol. The fraction of sp³-hybridized carbons (Fsp3) is 0.385. The molecular formula is C13H17O4P. The third kappa shape index (κ3) is 4.84. The Bertz CT molecular complexity index is 413. The predicted octanol–water partition coefficient (Wildman–Crippen LogP) is 2.05. The molecule has 0 aromatic heterocycles. The number of aryl methyl sites for hydroxylation is 1. The summed E-state index contributed by atoms with van der Waals surface area (Å²) < 4.78 is 0. The predicted molar refractivity (Wildman–Crippen MR) is 72.0 cm³/mol. The summed E-state index contributed by atoms with van der Waals surface area (Å²) in [5.74, 6) is -1.65. The maximum atomic E-state index is 10.7. The van der Waals surface area contributed by atoms with Gasteiger partial charge in [-0.1, -0.05) is 32.2 Å². The number of hydrogen-bond donors (Lipinski definition) is 2. The topological polar surface area (TPSA) is 74.6 Å². The van der Waals surface area contributed by atoms with E-state index in [4.69, 9.17) is 10.2 Å². The molecule has 18 heavy (non-hydrogen) atoms. The molecule has 0 saturated carbocycles. The van der Waals surface area contributed by atoms with Crippen LogP contribution in [-0.2, 0) is 9.59 Å². The molecule has 4 nitrogen and oxygen atoms in total.